The normalized spacial score (nSPS) is 21.8. The van der Waals surface area contributed by atoms with Crippen LogP contribution in [0, 0.1) is 0 Å². The second-order valence-corrected chi connectivity index (χ2v) is 7.36. The zero-order chi connectivity index (χ0) is 19.1. The van der Waals surface area contributed by atoms with Crippen LogP contribution in [0.1, 0.15) is 28.6 Å². The number of hydrogen-bond donors (Lipinski definition) is 2. The van der Waals surface area contributed by atoms with E-state index in [1.54, 1.807) is 18.2 Å². The summed E-state index contributed by atoms with van der Waals surface area (Å²) in [7, 11) is 2.06. The van der Waals surface area contributed by atoms with Crippen molar-refractivity contribution in [2.45, 2.75) is 18.5 Å². The van der Waals surface area contributed by atoms with E-state index in [4.69, 9.17) is 14.5 Å². The van der Waals surface area contributed by atoms with Crippen LogP contribution in [0.15, 0.2) is 42.5 Å². The van der Waals surface area contributed by atoms with Crippen LogP contribution >= 0.6 is 0 Å². The lowest BCUT2D eigenvalue weighted by atomic mass is 10.1. The van der Waals surface area contributed by atoms with Crippen molar-refractivity contribution in [3.63, 3.8) is 0 Å². The van der Waals surface area contributed by atoms with E-state index in [1.807, 2.05) is 24.3 Å². The van der Waals surface area contributed by atoms with E-state index in [2.05, 4.69) is 22.2 Å². The van der Waals surface area contributed by atoms with Crippen molar-refractivity contribution in [2.75, 3.05) is 26.8 Å². The van der Waals surface area contributed by atoms with Gasteiger partial charge < -0.3 is 19.8 Å². The number of imidazole rings is 1. The monoisotopic (exact) mass is 378 g/mol. The number of likely N-dealkylation sites (tertiary alicyclic amines) is 1. The molecule has 2 atom stereocenters. The molecule has 2 aromatic carbocycles. The molecule has 3 aromatic rings. The molecular weight excluding hydrogens is 356 g/mol. The molecule has 1 amide bonds. The van der Waals surface area contributed by atoms with Crippen LogP contribution in [-0.4, -0.2) is 53.6 Å². The molecule has 28 heavy (non-hydrogen) atoms. The number of carbonyl (C=O) groups excluding carboxylic acids is 1. The lowest BCUT2D eigenvalue weighted by Gasteiger charge is -2.19. The molecule has 5 rings (SSSR count). The van der Waals surface area contributed by atoms with Gasteiger partial charge in [0, 0.05) is 18.2 Å². The average Bonchev–Trinajstić information content (AvgIpc) is 3.30. The highest BCUT2D eigenvalue weighted by Crippen LogP contribution is 2.32. The standard InChI is InChI=1S/C21H22N4O3/c1-25-12-14(11-17(25)20-23-15-4-2-3-5-16(15)24-20)22-21(26)13-6-7-18-19(10-13)28-9-8-27-18/h2-7,10,14,17H,8-9,11-12H2,1H3,(H,22,26)(H,23,24). The van der Waals surface area contributed by atoms with Gasteiger partial charge in [-0.2, -0.15) is 0 Å². The summed E-state index contributed by atoms with van der Waals surface area (Å²) >= 11 is 0. The quantitative estimate of drug-likeness (QED) is 0.732. The van der Waals surface area contributed by atoms with Crippen LogP contribution < -0.4 is 14.8 Å². The molecule has 1 fully saturated rings. The van der Waals surface area contributed by atoms with E-state index in [-0.39, 0.29) is 18.0 Å². The van der Waals surface area contributed by atoms with Crippen LogP contribution in [-0.2, 0) is 0 Å². The summed E-state index contributed by atoms with van der Waals surface area (Å²) < 4.78 is 11.1. The van der Waals surface area contributed by atoms with Crippen LogP contribution in [0.5, 0.6) is 11.5 Å². The van der Waals surface area contributed by atoms with Gasteiger partial charge in [-0.05, 0) is 43.8 Å². The van der Waals surface area contributed by atoms with Crippen molar-refractivity contribution in [3.8, 4) is 11.5 Å². The highest BCUT2D eigenvalue weighted by atomic mass is 16.6. The predicted octanol–water partition coefficient (Wildman–Crippen LogP) is 2.51. The Morgan fingerprint density at radius 1 is 1.18 bits per heavy atom. The Kier molecular flexibility index (Phi) is 4.16. The van der Waals surface area contributed by atoms with Gasteiger partial charge in [-0.15, -0.1) is 0 Å². The SMILES string of the molecule is CN1CC(NC(=O)c2ccc3c(c2)OCCO3)CC1c1nc2ccccc2[nH]1. The number of hydrogen-bond acceptors (Lipinski definition) is 5. The Balaban J connectivity index is 1.29. The summed E-state index contributed by atoms with van der Waals surface area (Å²) in [6, 6.07) is 13.6. The fourth-order valence-corrected chi connectivity index (χ4v) is 4.01. The van der Waals surface area contributed by atoms with E-state index < -0.39 is 0 Å². The Morgan fingerprint density at radius 3 is 2.86 bits per heavy atom. The lowest BCUT2D eigenvalue weighted by Crippen LogP contribution is -2.36. The third-order valence-corrected chi connectivity index (χ3v) is 5.41. The predicted molar refractivity (Wildman–Crippen MR) is 105 cm³/mol. The number of aromatic amines is 1. The second-order valence-electron chi connectivity index (χ2n) is 7.36. The van der Waals surface area contributed by atoms with E-state index in [1.165, 1.54) is 0 Å². The largest absolute Gasteiger partial charge is 0.486 e. The van der Waals surface area contributed by atoms with Crippen molar-refractivity contribution in [2.24, 2.45) is 0 Å². The number of aromatic nitrogens is 2. The number of para-hydroxylation sites is 2. The van der Waals surface area contributed by atoms with Crippen molar-refractivity contribution in [1.29, 1.82) is 0 Å². The molecule has 1 saturated heterocycles. The number of carbonyl (C=O) groups is 1. The van der Waals surface area contributed by atoms with Gasteiger partial charge in [-0.1, -0.05) is 12.1 Å². The number of nitrogens with one attached hydrogen (secondary N) is 2. The van der Waals surface area contributed by atoms with Gasteiger partial charge in [-0.25, -0.2) is 4.98 Å². The number of benzene rings is 2. The number of H-pyrrole nitrogens is 1. The molecule has 7 nitrogen and oxygen atoms in total. The molecule has 2 aliphatic rings. The van der Waals surface area contributed by atoms with Gasteiger partial charge in [-0.3, -0.25) is 9.69 Å². The van der Waals surface area contributed by atoms with Crippen LogP contribution in [0.25, 0.3) is 11.0 Å². The molecule has 144 valence electrons. The summed E-state index contributed by atoms with van der Waals surface area (Å²) in [4.78, 5) is 23.1. The molecule has 2 aliphatic heterocycles. The van der Waals surface area contributed by atoms with Crippen molar-refractivity contribution in [1.82, 2.24) is 20.2 Å². The molecule has 3 heterocycles. The maximum absolute atomic E-state index is 12.7. The second kappa shape index (κ2) is 6.83. The number of likely N-dealkylation sites (N-methyl/N-ethyl adjacent to an activating group) is 1. The molecule has 0 bridgehead atoms. The molecule has 7 heteroatoms. The number of ether oxygens (including phenoxy) is 2. The van der Waals surface area contributed by atoms with Gasteiger partial charge in [0.05, 0.1) is 17.1 Å². The third kappa shape index (κ3) is 3.07. The summed E-state index contributed by atoms with van der Waals surface area (Å²) in [6.45, 7) is 1.82. The summed E-state index contributed by atoms with van der Waals surface area (Å²) in [6.07, 6.45) is 0.812. The molecule has 0 saturated carbocycles. The number of fused-ring (bicyclic) bond motifs is 2. The van der Waals surface area contributed by atoms with Crippen molar-refractivity contribution < 1.29 is 14.3 Å². The first-order chi connectivity index (χ1) is 13.7. The zero-order valence-electron chi connectivity index (χ0n) is 15.6. The van der Waals surface area contributed by atoms with E-state index in [0.717, 1.165) is 29.8 Å². The van der Waals surface area contributed by atoms with Gasteiger partial charge in [0.2, 0.25) is 0 Å². The number of amides is 1. The minimum Gasteiger partial charge on any atom is -0.486 e. The van der Waals surface area contributed by atoms with Crippen molar-refractivity contribution in [3.05, 3.63) is 53.9 Å². The molecule has 2 unspecified atom stereocenters. The van der Waals surface area contributed by atoms with E-state index in [9.17, 15) is 4.79 Å². The zero-order valence-corrected chi connectivity index (χ0v) is 15.6. The highest BCUT2D eigenvalue weighted by molar-refractivity contribution is 5.95. The highest BCUT2D eigenvalue weighted by Gasteiger charge is 2.33. The molecule has 0 radical (unpaired) electrons. The van der Waals surface area contributed by atoms with Crippen molar-refractivity contribution >= 4 is 16.9 Å². The number of rotatable bonds is 3. The van der Waals surface area contributed by atoms with Gasteiger partial charge in [0.25, 0.3) is 5.91 Å². The molecule has 1 aromatic heterocycles. The third-order valence-electron chi connectivity index (χ3n) is 5.41. The first-order valence-electron chi connectivity index (χ1n) is 9.53. The average molecular weight is 378 g/mol. The Hall–Kier alpha value is -3.06. The van der Waals surface area contributed by atoms with E-state index >= 15 is 0 Å². The molecular formula is C21H22N4O3. The lowest BCUT2D eigenvalue weighted by molar-refractivity contribution is 0.0937. The maximum Gasteiger partial charge on any atom is 0.251 e. The maximum atomic E-state index is 12.7. The van der Waals surface area contributed by atoms with E-state index in [0.29, 0.717) is 30.3 Å². The fraction of sp³-hybridized carbons (Fsp3) is 0.333. The Labute approximate surface area is 162 Å². The van der Waals surface area contributed by atoms with Gasteiger partial charge >= 0.3 is 0 Å². The minimum atomic E-state index is -0.0966. The first-order valence-corrected chi connectivity index (χ1v) is 9.53. The van der Waals surface area contributed by atoms with Gasteiger partial charge in [0.15, 0.2) is 11.5 Å². The van der Waals surface area contributed by atoms with Crippen LogP contribution in [0.2, 0.25) is 0 Å². The molecule has 2 N–H and O–H groups in total. The smallest absolute Gasteiger partial charge is 0.251 e. The Morgan fingerprint density at radius 2 is 2.00 bits per heavy atom. The summed E-state index contributed by atoms with van der Waals surface area (Å²) in [5.41, 5.74) is 2.59. The topological polar surface area (TPSA) is 79.5 Å². The minimum absolute atomic E-state index is 0.0592. The fourth-order valence-electron chi connectivity index (χ4n) is 4.01. The summed E-state index contributed by atoms with van der Waals surface area (Å²) in [5.74, 6) is 2.16. The molecule has 0 spiro atoms. The van der Waals surface area contributed by atoms with Crippen LogP contribution in [0.3, 0.4) is 0 Å². The van der Waals surface area contributed by atoms with Crippen LogP contribution in [0.4, 0.5) is 0 Å². The Bertz CT molecular complexity index is 998. The number of nitrogens with zero attached hydrogens (tertiary/aromatic N) is 2. The first kappa shape index (κ1) is 17.1. The van der Waals surface area contributed by atoms with Gasteiger partial charge in [0.1, 0.15) is 19.0 Å². The molecule has 0 aliphatic carbocycles. The summed E-state index contributed by atoms with van der Waals surface area (Å²) in [5, 5.41) is 3.15.